The molecule has 0 heterocycles. The van der Waals surface area contributed by atoms with E-state index in [1.807, 2.05) is 0 Å². The number of benzene rings is 1. The van der Waals surface area contributed by atoms with Crippen LogP contribution in [0.4, 0.5) is 18.9 Å². The van der Waals surface area contributed by atoms with Gasteiger partial charge in [-0.15, -0.1) is 0 Å². The van der Waals surface area contributed by atoms with Gasteiger partial charge in [0, 0.05) is 18.7 Å². The van der Waals surface area contributed by atoms with Gasteiger partial charge in [-0.1, -0.05) is 37.3 Å². The van der Waals surface area contributed by atoms with Gasteiger partial charge in [-0.25, -0.2) is 0 Å². The van der Waals surface area contributed by atoms with Gasteiger partial charge in [0.25, 0.3) is 0 Å². The number of hydrogen-bond acceptors (Lipinski definition) is 2. The van der Waals surface area contributed by atoms with Crippen LogP contribution in [0.15, 0.2) is 18.2 Å². The number of amides is 2. The molecule has 144 valence electrons. The lowest BCUT2D eigenvalue weighted by atomic mass is 10.1. The van der Waals surface area contributed by atoms with Crippen molar-refractivity contribution >= 4 is 29.1 Å². The van der Waals surface area contributed by atoms with Crippen LogP contribution in [0.1, 0.15) is 51.0 Å². The minimum atomic E-state index is -4.64. The SMILES string of the molecule is CC(=O)N(CC(=O)NC1CCCCCC1)c1ccc(Cl)c(C(F)(F)F)c1. The van der Waals surface area contributed by atoms with E-state index < -0.39 is 22.7 Å². The quantitative estimate of drug-likeness (QED) is 0.767. The van der Waals surface area contributed by atoms with E-state index in [2.05, 4.69) is 5.32 Å². The third-order valence-corrected chi connectivity index (χ3v) is 4.80. The van der Waals surface area contributed by atoms with Crippen molar-refractivity contribution in [2.45, 2.75) is 57.7 Å². The van der Waals surface area contributed by atoms with Gasteiger partial charge in [-0.3, -0.25) is 9.59 Å². The summed E-state index contributed by atoms with van der Waals surface area (Å²) in [4.78, 5) is 25.2. The Labute approximate surface area is 155 Å². The molecule has 4 nitrogen and oxygen atoms in total. The van der Waals surface area contributed by atoms with E-state index >= 15 is 0 Å². The molecular weight excluding hydrogens is 369 g/mol. The number of nitrogens with zero attached hydrogens (tertiary/aromatic N) is 1. The standard InChI is InChI=1S/C18H22ClF3N2O2/c1-12(25)24(11-17(26)23-13-6-4-2-3-5-7-13)14-8-9-16(19)15(10-14)18(20,21)22/h8-10,13H,2-7,11H2,1H3,(H,23,26). The summed E-state index contributed by atoms with van der Waals surface area (Å²) in [6.45, 7) is 0.881. The van der Waals surface area contributed by atoms with Gasteiger partial charge in [0.2, 0.25) is 11.8 Å². The fourth-order valence-electron chi connectivity index (χ4n) is 3.12. The monoisotopic (exact) mass is 390 g/mol. The van der Waals surface area contributed by atoms with Crippen LogP contribution in [0, 0.1) is 0 Å². The number of anilines is 1. The maximum atomic E-state index is 13.0. The number of hydrogen-bond donors (Lipinski definition) is 1. The van der Waals surface area contributed by atoms with Crippen LogP contribution in [-0.2, 0) is 15.8 Å². The normalized spacial score (nSPS) is 16.0. The first-order valence-electron chi connectivity index (χ1n) is 8.62. The number of carbonyl (C=O) groups is 2. The lowest BCUT2D eigenvalue weighted by molar-refractivity contribution is -0.137. The first-order chi connectivity index (χ1) is 12.2. The summed E-state index contributed by atoms with van der Waals surface area (Å²) < 4.78 is 39.1. The predicted molar refractivity (Wildman–Crippen MR) is 94.1 cm³/mol. The minimum Gasteiger partial charge on any atom is -0.352 e. The molecule has 0 radical (unpaired) electrons. The third kappa shape index (κ3) is 5.62. The zero-order valence-electron chi connectivity index (χ0n) is 14.5. The fraction of sp³-hybridized carbons (Fsp3) is 0.556. The van der Waals surface area contributed by atoms with E-state index in [1.165, 1.54) is 13.0 Å². The molecule has 1 fully saturated rings. The minimum absolute atomic E-state index is 0.00904. The number of carbonyl (C=O) groups excluding carboxylic acids is 2. The Bertz CT molecular complexity index is 656. The van der Waals surface area contributed by atoms with Crippen LogP contribution in [0.3, 0.4) is 0 Å². The van der Waals surface area contributed by atoms with Crippen LogP contribution < -0.4 is 10.2 Å². The molecule has 0 saturated heterocycles. The Balaban J connectivity index is 2.13. The fourth-order valence-corrected chi connectivity index (χ4v) is 3.35. The highest BCUT2D eigenvalue weighted by molar-refractivity contribution is 6.31. The number of rotatable bonds is 4. The average molecular weight is 391 g/mol. The third-order valence-electron chi connectivity index (χ3n) is 4.47. The summed E-state index contributed by atoms with van der Waals surface area (Å²) >= 11 is 5.61. The van der Waals surface area contributed by atoms with E-state index in [0.717, 1.165) is 55.6 Å². The van der Waals surface area contributed by atoms with Crippen molar-refractivity contribution in [3.8, 4) is 0 Å². The molecule has 1 aliphatic carbocycles. The molecule has 8 heteroatoms. The van der Waals surface area contributed by atoms with E-state index in [-0.39, 0.29) is 24.2 Å². The zero-order valence-corrected chi connectivity index (χ0v) is 15.3. The summed E-state index contributed by atoms with van der Waals surface area (Å²) in [5, 5.41) is 2.44. The van der Waals surface area contributed by atoms with E-state index in [9.17, 15) is 22.8 Å². The van der Waals surface area contributed by atoms with E-state index in [4.69, 9.17) is 11.6 Å². The molecule has 1 aromatic carbocycles. The highest BCUT2D eigenvalue weighted by Gasteiger charge is 2.34. The van der Waals surface area contributed by atoms with Gasteiger partial charge in [0.15, 0.2) is 0 Å². The van der Waals surface area contributed by atoms with Crippen molar-refractivity contribution in [2.24, 2.45) is 0 Å². The summed E-state index contributed by atoms with van der Waals surface area (Å²) in [5.41, 5.74) is -1.04. The molecule has 1 saturated carbocycles. The van der Waals surface area contributed by atoms with Crippen molar-refractivity contribution in [3.63, 3.8) is 0 Å². The zero-order chi connectivity index (χ0) is 19.3. The second-order valence-electron chi connectivity index (χ2n) is 6.52. The molecule has 1 N–H and O–H groups in total. The first-order valence-corrected chi connectivity index (χ1v) is 9.00. The van der Waals surface area contributed by atoms with Crippen molar-refractivity contribution in [1.29, 1.82) is 0 Å². The Morgan fingerprint density at radius 1 is 1.19 bits per heavy atom. The Morgan fingerprint density at radius 3 is 2.35 bits per heavy atom. The average Bonchev–Trinajstić information content (AvgIpc) is 2.80. The number of nitrogens with one attached hydrogen (secondary N) is 1. The second kappa shape index (κ2) is 8.75. The maximum absolute atomic E-state index is 13.0. The first kappa shape index (κ1) is 20.6. The van der Waals surface area contributed by atoms with Crippen LogP contribution in [0.25, 0.3) is 0 Å². The van der Waals surface area contributed by atoms with E-state index in [1.54, 1.807) is 0 Å². The lowest BCUT2D eigenvalue weighted by Crippen LogP contribution is -2.43. The summed E-state index contributed by atoms with van der Waals surface area (Å²) in [7, 11) is 0. The Kier molecular flexibility index (Phi) is 6.92. The van der Waals surface area contributed by atoms with Gasteiger partial charge < -0.3 is 10.2 Å². The van der Waals surface area contributed by atoms with Crippen molar-refractivity contribution in [1.82, 2.24) is 5.32 Å². The summed E-state index contributed by atoms with van der Waals surface area (Å²) in [6, 6.07) is 3.23. The van der Waals surface area contributed by atoms with Crippen molar-refractivity contribution in [2.75, 3.05) is 11.4 Å². The largest absolute Gasteiger partial charge is 0.417 e. The molecule has 0 unspecified atom stereocenters. The molecule has 0 aliphatic heterocycles. The summed E-state index contributed by atoms with van der Waals surface area (Å²) in [5.74, 6) is -0.896. The van der Waals surface area contributed by atoms with Crippen LogP contribution in [0.2, 0.25) is 5.02 Å². The van der Waals surface area contributed by atoms with Gasteiger partial charge >= 0.3 is 6.18 Å². The Morgan fingerprint density at radius 2 is 1.81 bits per heavy atom. The van der Waals surface area contributed by atoms with Gasteiger partial charge in [-0.05, 0) is 31.0 Å². The van der Waals surface area contributed by atoms with Crippen LogP contribution in [0.5, 0.6) is 0 Å². The predicted octanol–water partition coefficient (Wildman–Crippen LogP) is 4.55. The molecule has 1 aliphatic rings. The van der Waals surface area contributed by atoms with Crippen LogP contribution in [-0.4, -0.2) is 24.4 Å². The number of halogens is 4. The molecule has 2 amide bonds. The maximum Gasteiger partial charge on any atom is 0.417 e. The molecular formula is C18H22ClF3N2O2. The molecule has 1 aromatic rings. The second-order valence-corrected chi connectivity index (χ2v) is 6.93. The lowest BCUT2D eigenvalue weighted by Gasteiger charge is -2.24. The van der Waals surface area contributed by atoms with Gasteiger partial charge in [0.05, 0.1) is 10.6 Å². The van der Waals surface area contributed by atoms with Crippen LogP contribution >= 0.6 is 11.6 Å². The highest BCUT2D eigenvalue weighted by Crippen LogP contribution is 2.37. The van der Waals surface area contributed by atoms with E-state index in [0.29, 0.717) is 0 Å². The Hall–Kier alpha value is -1.76. The topological polar surface area (TPSA) is 49.4 Å². The molecule has 2 rings (SSSR count). The number of alkyl halides is 3. The molecule has 0 atom stereocenters. The molecule has 0 spiro atoms. The molecule has 0 aromatic heterocycles. The highest BCUT2D eigenvalue weighted by atomic mass is 35.5. The van der Waals surface area contributed by atoms with Crippen molar-refractivity contribution in [3.05, 3.63) is 28.8 Å². The summed E-state index contributed by atoms with van der Waals surface area (Å²) in [6.07, 6.45) is 1.46. The van der Waals surface area contributed by atoms with Gasteiger partial charge in [-0.2, -0.15) is 13.2 Å². The van der Waals surface area contributed by atoms with Crippen molar-refractivity contribution < 1.29 is 22.8 Å². The molecule has 26 heavy (non-hydrogen) atoms. The van der Waals surface area contributed by atoms with Gasteiger partial charge in [0.1, 0.15) is 6.54 Å². The smallest absolute Gasteiger partial charge is 0.352 e. The molecule has 0 bridgehead atoms.